The van der Waals surface area contributed by atoms with E-state index in [1.54, 1.807) is 36.4 Å². The number of anilines is 1. The summed E-state index contributed by atoms with van der Waals surface area (Å²) in [6.07, 6.45) is -0.0860. The molecule has 37 heavy (non-hydrogen) atoms. The summed E-state index contributed by atoms with van der Waals surface area (Å²) in [4.78, 5) is 43.4. The van der Waals surface area contributed by atoms with Crippen molar-refractivity contribution in [1.82, 2.24) is 9.88 Å². The minimum absolute atomic E-state index is 0.0488. The number of carbonyl (C=O) groups is 3. The number of imide groups is 1. The maximum Gasteiger partial charge on any atom is 0.261 e. The van der Waals surface area contributed by atoms with Crippen LogP contribution in [0.4, 0.5) is 5.69 Å². The lowest BCUT2D eigenvalue weighted by atomic mass is 10.1. The Hall–Kier alpha value is -3.94. The fourth-order valence-electron chi connectivity index (χ4n) is 4.18. The van der Waals surface area contributed by atoms with Gasteiger partial charge in [-0.2, -0.15) is 0 Å². The van der Waals surface area contributed by atoms with Crippen molar-refractivity contribution in [1.29, 1.82) is 0 Å². The maximum atomic E-state index is 12.7. The number of ether oxygens (including phenoxy) is 1. The molecule has 1 aliphatic heterocycles. The number of hydrogen-bond acceptors (Lipinski definition) is 5. The second-order valence-electron chi connectivity index (χ2n) is 8.56. The van der Waals surface area contributed by atoms with Gasteiger partial charge < -0.3 is 10.1 Å². The van der Waals surface area contributed by atoms with E-state index in [1.807, 2.05) is 37.3 Å². The topological polar surface area (TPSA) is 88.6 Å². The molecule has 3 aromatic carbocycles. The minimum atomic E-state index is -0.407. The molecule has 0 fully saturated rings. The summed E-state index contributed by atoms with van der Waals surface area (Å²) in [5.41, 5.74) is 3.14. The Morgan fingerprint density at radius 3 is 2.41 bits per heavy atom. The number of nitrogens with one attached hydrogen (secondary N) is 1. The molecular formula is C28H21Cl2N3O4. The van der Waals surface area contributed by atoms with Crippen LogP contribution in [0.1, 0.15) is 38.4 Å². The molecule has 0 saturated heterocycles. The molecule has 0 spiro atoms. The minimum Gasteiger partial charge on any atom is -0.487 e. The zero-order chi connectivity index (χ0) is 26.1. The third-order valence-electron chi connectivity index (χ3n) is 6.10. The number of rotatable bonds is 7. The molecule has 9 heteroatoms. The van der Waals surface area contributed by atoms with Crippen molar-refractivity contribution in [2.75, 3.05) is 11.9 Å². The van der Waals surface area contributed by atoms with Gasteiger partial charge >= 0.3 is 0 Å². The molecule has 1 aliphatic rings. The fraction of sp³-hybridized carbons (Fsp3) is 0.143. The van der Waals surface area contributed by atoms with Crippen molar-refractivity contribution < 1.29 is 19.1 Å². The molecule has 186 valence electrons. The van der Waals surface area contributed by atoms with E-state index in [2.05, 4.69) is 10.3 Å². The standard InChI is InChI=1S/C28H21Cl2N3O4/c1-16-9-10-17-5-4-8-23(26(17)31-16)37-15-20-21(29)11-12-22(25(20)30)32-24(34)13-14-33-27(35)18-6-2-3-7-19(18)28(33)36/h2-12H,13-15H2,1H3,(H,32,34). The fourth-order valence-corrected chi connectivity index (χ4v) is 4.71. The maximum absolute atomic E-state index is 12.7. The van der Waals surface area contributed by atoms with E-state index in [-0.39, 0.29) is 24.6 Å². The highest BCUT2D eigenvalue weighted by Crippen LogP contribution is 2.34. The molecule has 5 rings (SSSR count). The smallest absolute Gasteiger partial charge is 0.261 e. The van der Waals surface area contributed by atoms with E-state index in [4.69, 9.17) is 27.9 Å². The molecule has 3 amide bonds. The first-order valence-corrected chi connectivity index (χ1v) is 12.3. The van der Waals surface area contributed by atoms with Crippen LogP contribution >= 0.6 is 23.2 Å². The second-order valence-corrected chi connectivity index (χ2v) is 9.35. The van der Waals surface area contributed by atoms with Gasteiger partial charge in [0.25, 0.3) is 11.8 Å². The number of benzene rings is 3. The summed E-state index contributed by atoms with van der Waals surface area (Å²) in [7, 11) is 0. The number of hydrogen-bond donors (Lipinski definition) is 1. The number of amides is 3. The lowest BCUT2D eigenvalue weighted by Crippen LogP contribution is -2.32. The van der Waals surface area contributed by atoms with Crippen molar-refractivity contribution in [2.45, 2.75) is 20.0 Å². The molecule has 0 saturated carbocycles. The third-order valence-corrected chi connectivity index (χ3v) is 6.88. The number of aromatic nitrogens is 1. The van der Waals surface area contributed by atoms with Crippen molar-refractivity contribution in [3.63, 3.8) is 0 Å². The third kappa shape index (κ3) is 4.88. The number of carbonyl (C=O) groups excluding carboxylic acids is 3. The summed E-state index contributed by atoms with van der Waals surface area (Å²) >= 11 is 13.0. The monoisotopic (exact) mass is 533 g/mol. The zero-order valence-electron chi connectivity index (χ0n) is 19.8. The molecule has 2 heterocycles. The quantitative estimate of drug-likeness (QED) is 0.292. The average Bonchev–Trinajstić information content (AvgIpc) is 3.14. The number of aryl methyl sites for hydroxylation is 1. The van der Waals surface area contributed by atoms with Gasteiger partial charge in [0.1, 0.15) is 17.9 Å². The van der Waals surface area contributed by atoms with Crippen molar-refractivity contribution in [3.05, 3.63) is 99.2 Å². The van der Waals surface area contributed by atoms with Gasteiger partial charge in [0, 0.05) is 34.6 Å². The van der Waals surface area contributed by atoms with Crippen LogP contribution in [-0.2, 0) is 11.4 Å². The Morgan fingerprint density at radius 1 is 0.946 bits per heavy atom. The number of fused-ring (bicyclic) bond motifs is 2. The van der Waals surface area contributed by atoms with E-state index in [1.165, 1.54) is 0 Å². The van der Waals surface area contributed by atoms with Crippen LogP contribution in [-0.4, -0.2) is 34.2 Å². The highest BCUT2D eigenvalue weighted by atomic mass is 35.5. The van der Waals surface area contributed by atoms with E-state index >= 15 is 0 Å². The Morgan fingerprint density at radius 2 is 1.68 bits per heavy atom. The lowest BCUT2D eigenvalue weighted by molar-refractivity contribution is -0.116. The van der Waals surface area contributed by atoms with Gasteiger partial charge in [-0.3, -0.25) is 19.3 Å². The summed E-state index contributed by atoms with van der Waals surface area (Å²) in [6, 6.07) is 19.4. The van der Waals surface area contributed by atoms with Crippen LogP contribution in [0.2, 0.25) is 10.0 Å². The van der Waals surface area contributed by atoms with Crippen LogP contribution in [0.5, 0.6) is 5.75 Å². The number of pyridine rings is 1. The van der Waals surface area contributed by atoms with Gasteiger partial charge in [-0.25, -0.2) is 4.98 Å². The van der Waals surface area contributed by atoms with Gasteiger partial charge in [0.05, 0.1) is 21.8 Å². The lowest BCUT2D eigenvalue weighted by Gasteiger charge is -2.16. The first-order chi connectivity index (χ1) is 17.8. The Bertz CT molecular complexity index is 1540. The average molecular weight is 534 g/mol. The van der Waals surface area contributed by atoms with E-state index in [0.29, 0.717) is 33.1 Å². The van der Waals surface area contributed by atoms with Crippen molar-refractivity contribution >= 4 is 57.5 Å². The predicted octanol–water partition coefficient (Wildman–Crippen LogP) is 6.05. The van der Waals surface area contributed by atoms with Gasteiger partial charge in [-0.15, -0.1) is 0 Å². The summed E-state index contributed by atoms with van der Waals surface area (Å²) in [5, 5.41) is 4.31. The summed E-state index contributed by atoms with van der Waals surface area (Å²) in [6.45, 7) is 1.92. The largest absolute Gasteiger partial charge is 0.487 e. The summed E-state index contributed by atoms with van der Waals surface area (Å²) in [5.74, 6) is -0.629. The molecule has 0 unspecified atom stereocenters. The molecule has 0 bridgehead atoms. The second kappa shape index (κ2) is 10.2. The molecule has 0 radical (unpaired) electrons. The molecule has 4 aromatic rings. The first kappa shape index (κ1) is 24.7. The van der Waals surface area contributed by atoms with Gasteiger partial charge in [0.15, 0.2) is 0 Å². The highest BCUT2D eigenvalue weighted by Gasteiger charge is 2.35. The van der Waals surface area contributed by atoms with Gasteiger partial charge in [-0.1, -0.05) is 53.5 Å². The van der Waals surface area contributed by atoms with E-state index in [0.717, 1.165) is 21.5 Å². The van der Waals surface area contributed by atoms with Crippen LogP contribution in [0.3, 0.4) is 0 Å². The van der Waals surface area contributed by atoms with E-state index in [9.17, 15) is 14.4 Å². The number of halogens is 2. The Balaban J connectivity index is 1.26. The molecule has 1 N–H and O–H groups in total. The van der Waals surface area contributed by atoms with Crippen molar-refractivity contribution in [3.8, 4) is 5.75 Å². The predicted molar refractivity (Wildman–Crippen MR) is 142 cm³/mol. The van der Waals surface area contributed by atoms with Crippen LogP contribution < -0.4 is 10.1 Å². The van der Waals surface area contributed by atoms with Crippen LogP contribution in [0, 0.1) is 6.92 Å². The van der Waals surface area contributed by atoms with Crippen LogP contribution in [0.25, 0.3) is 10.9 Å². The Labute approximate surface area is 223 Å². The van der Waals surface area contributed by atoms with Gasteiger partial charge in [-0.05, 0) is 43.3 Å². The number of para-hydroxylation sites is 1. The zero-order valence-corrected chi connectivity index (χ0v) is 21.3. The Kier molecular flexibility index (Phi) is 6.82. The summed E-state index contributed by atoms with van der Waals surface area (Å²) < 4.78 is 6.03. The first-order valence-electron chi connectivity index (χ1n) is 11.5. The van der Waals surface area contributed by atoms with Crippen molar-refractivity contribution in [2.24, 2.45) is 0 Å². The normalized spacial score (nSPS) is 12.7. The highest BCUT2D eigenvalue weighted by molar-refractivity contribution is 6.38. The molecule has 0 atom stereocenters. The van der Waals surface area contributed by atoms with Gasteiger partial charge in [0.2, 0.25) is 5.91 Å². The number of nitrogens with zero attached hydrogens (tertiary/aromatic N) is 2. The van der Waals surface area contributed by atoms with Crippen LogP contribution in [0.15, 0.2) is 66.7 Å². The van der Waals surface area contributed by atoms with E-state index < -0.39 is 17.7 Å². The molecule has 1 aromatic heterocycles. The molecule has 0 aliphatic carbocycles. The molecule has 7 nitrogen and oxygen atoms in total. The SMILES string of the molecule is Cc1ccc2cccc(OCc3c(Cl)ccc(NC(=O)CCN4C(=O)c5ccccc5C4=O)c3Cl)c2n1. The molecular weight excluding hydrogens is 513 g/mol.